The zero-order chi connectivity index (χ0) is 16.4. The van der Waals surface area contributed by atoms with E-state index >= 15 is 0 Å². The van der Waals surface area contributed by atoms with E-state index < -0.39 is 5.60 Å². The van der Waals surface area contributed by atoms with Crippen LogP contribution in [0, 0.1) is 0 Å². The summed E-state index contributed by atoms with van der Waals surface area (Å²) in [6, 6.07) is 9.18. The third-order valence-corrected chi connectivity index (χ3v) is 3.45. The minimum atomic E-state index is -1.20. The van der Waals surface area contributed by atoms with Crippen molar-refractivity contribution in [3.8, 4) is 0 Å². The lowest BCUT2D eigenvalue weighted by atomic mass is 9.92. The highest BCUT2D eigenvalue weighted by Gasteiger charge is 2.26. The van der Waals surface area contributed by atoms with Crippen LogP contribution in [0.5, 0.6) is 0 Å². The van der Waals surface area contributed by atoms with E-state index in [4.69, 9.17) is 0 Å². The summed E-state index contributed by atoms with van der Waals surface area (Å²) < 4.78 is 1.79. The Labute approximate surface area is 131 Å². The zero-order valence-electron chi connectivity index (χ0n) is 13.5. The highest BCUT2D eigenvalue weighted by Crippen LogP contribution is 2.25. The summed E-state index contributed by atoms with van der Waals surface area (Å²) in [6.45, 7) is 7.74. The maximum absolute atomic E-state index is 12.2. The number of carbonyl (C=O) groups is 1. The molecule has 2 rings (SSSR count). The molecule has 0 bridgehead atoms. The molecule has 5 heteroatoms. The van der Waals surface area contributed by atoms with Crippen molar-refractivity contribution in [1.82, 2.24) is 9.78 Å². The SMILES string of the molecule is CC(O)(CC(=O)Nc1cnn(C(C)(C)C)c1)c1ccccc1. The average molecular weight is 301 g/mol. The summed E-state index contributed by atoms with van der Waals surface area (Å²) in [5.41, 5.74) is 0.00322. The van der Waals surface area contributed by atoms with Gasteiger partial charge in [0.25, 0.3) is 0 Å². The van der Waals surface area contributed by atoms with Gasteiger partial charge in [0.2, 0.25) is 5.91 Å². The van der Waals surface area contributed by atoms with Crippen molar-refractivity contribution >= 4 is 11.6 Å². The molecule has 1 heterocycles. The number of hydrogen-bond donors (Lipinski definition) is 2. The molecule has 0 spiro atoms. The van der Waals surface area contributed by atoms with Gasteiger partial charge in [-0.25, -0.2) is 0 Å². The van der Waals surface area contributed by atoms with E-state index in [0.717, 1.165) is 5.56 Å². The molecule has 0 fully saturated rings. The van der Waals surface area contributed by atoms with E-state index in [9.17, 15) is 9.90 Å². The minimum absolute atomic E-state index is 0.0162. The number of nitrogens with zero attached hydrogens (tertiary/aromatic N) is 2. The number of aliphatic hydroxyl groups is 1. The topological polar surface area (TPSA) is 67.2 Å². The van der Waals surface area contributed by atoms with Gasteiger partial charge in [-0.15, -0.1) is 0 Å². The predicted octanol–water partition coefficient (Wildman–Crippen LogP) is 2.87. The van der Waals surface area contributed by atoms with Gasteiger partial charge in [-0.2, -0.15) is 5.10 Å². The monoisotopic (exact) mass is 301 g/mol. The lowest BCUT2D eigenvalue weighted by molar-refractivity contribution is -0.120. The fourth-order valence-electron chi connectivity index (χ4n) is 2.17. The summed E-state index contributed by atoms with van der Waals surface area (Å²) >= 11 is 0. The van der Waals surface area contributed by atoms with Crippen molar-refractivity contribution in [1.29, 1.82) is 0 Å². The smallest absolute Gasteiger partial charge is 0.227 e. The number of benzene rings is 1. The van der Waals surface area contributed by atoms with Gasteiger partial charge in [-0.05, 0) is 33.3 Å². The quantitative estimate of drug-likeness (QED) is 0.912. The molecule has 0 saturated heterocycles. The van der Waals surface area contributed by atoms with Crippen LogP contribution in [-0.4, -0.2) is 20.8 Å². The second kappa shape index (κ2) is 5.93. The number of carbonyl (C=O) groups excluding carboxylic acids is 1. The molecule has 0 aliphatic heterocycles. The first-order valence-electron chi connectivity index (χ1n) is 7.31. The lowest BCUT2D eigenvalue weighted by Crippen LogP contribution is -2.28. The van der Waals surface area contributed by atoms with Gasteiger partial charge < -0.3 is 10.4 Å². The van der Waals surface area contributed by atoms with Crippen molar-refractivity contribution in [2.24, 2.45) is 0 Å². The largest absolute Gasteiger partial charge is 0.385 e. The number of aromatic nitrogens is 2. The van der Waals surface area contributed by atoms with Crippen LogP contribution in [0.2, 0.25) is 0 Å². The van der Waals surface area contributed by atoms with E-state index in [1.807, 2.05) is 51.1 Å². The molecule has 118 valence electrons. The van der Waals surface area contributed by atoms with Crippen LogP contribution in [-0.2, 0) is 15.9 Å². The molecule has 1 unspecified atom stereocenters. The Kier molecular flexibility index (Phi) is 4.37. The Hall–Kier alpha value is -2.14. The van der Waals surface area contributed by atoms with Crippen LogP contribution in [0.15, 0.2) is 42.7 Å². The van der Waals surface area contributed by atoms with Gasteiger partial charge in [0.1, 0.15) is 0 Å². The van der Waals surface area contributed by atoms with Gasteiger partial charge in [0.05, 0.1) is 29.4 Å². The van der Waals surface area contributed by atoms with Crippen LogP contribution in [0.4, 0.5) is 5.69 Å². The molecule has 0 saturated carbocycles. The third-order valence-electron chi connectivity index (χ3n) is 3.45. The zero-order valence-corrected chi connectivity index (χ0v) is 13.5. The van der Waals surface area contributed by atoms with Gasteiger partial charge in [-0.1, -0.05) is 30.3 Å². The highest BCUT2D eigenvalue weighted by atomic mass is 16.3. The summed E-state index contributed by atoms with van der Waals surface area (Å²) in [5.74, 6) is -0.248. The molecule has 0 radical (unpaired) electrons. The Morgan fingerprint density at radius 1 is 1.23 bits per heavy atom. The number of hydrogen-bond acceptors (Lipinski definition) is 3. The van der Waals surface area contributed by atoms with Crippen molar-refractivity contribution in [2.75, 3.05) is 5.32 Å². The first-order chi connectivity index (χ1) is 10.2. The molecular weight excluding hydrogens is 278 g/mol. The molecular formula is C17H23N3O2. The molecule has 1 atom stereocenters. The van der Waals surface area contributed by atoms with Crippen molar-refractivity contribution < 1.29 is 9.90 Å². The maximum atomic E-state index is 12.2. The normalized spacial score (nSPS) is 14.4. The van der Waals surface area contributed by atoms with E-state index in [-0.39, 0.29) is 17.9 Å². The number of amides is 1. The van der Waals surface area contributed by atoms with Gasteiger partial charge in [-0.3, -0.25) is 9.48 Å². The molecule has 2 aromatic rings. The van der Waals surface area contributed by atoms with Crippen molar-refractivity contribution in [2.45, 2.75) is 45.3 Å². The first kappa shape index (κ1) is 16.2. The van der Waals surface area contributed by atoms with E-state index in [2.05, 4.69) is 10.4 Å². The summed E-state index contributed by atoms with van der Waals surface area (Å²) in [6.07, 6.45) is 3.38. The van der Waals surface area contributed by atoms with Crippen LogP contribution >= 0.6 is 0 Å². The van der Waals surface area contributed by atoms with Gasteiger partial charge in [0, 0.05) is 6.20 Å². The van der Waals surface area contributed by atoms with Gasteiger partial charge >= 0.3 is 0 Å². The standard InChI is InChI=1S/C17H23N3O2/c1-16(2,3)20-12-14(11-18-20)19-15(21)10-17(4,22)13-8-6-5-7-9-13/h5-9,11-12,22H,10H2,1-4H3,(H,19,21). The molecule has 1 aromatic heterocycles. The Bertz CT molecular complexity index is 639. The van der Waals surface area contributed by atoms with Crippen LogP contribution in [0.1, 0.15) is 39.7 Å². The van der Waals surface area contributed by atoms with Crippen molar-refractivity contribution in [3.05, 3.63) is 48.3 Å². The second-order valence-electron chi connectivity index (χ2n) is 6.71. The maximum Gasteiger partial charge on any atom is 0.227 e. The number of rotatable bonds is 4. The summed E-state index contributed by atoms with van der Waals surface area (Å²) in [5, 5.41) is 17.5. The molecule has 1 aromatic carbocycles. The number of anilines is 1. The Morgan fingerprint density at radius 2 is 1.86 bits per heavy atom. The van der Waals surface area contributed by atoms with E-state index in [1.54, 1.807) is 24.0 Å². The van der Waals surface area contributed by atoms with Crippen LogP contribution < -0.4 is 5.32 Å². The summed E-state index contributed by atoms with van der Waals surface area (Å²) in [4.78, 5) is 12.2. The number of nitrogens with one attached hydrogen (secondary N) is 1. The average Bonchev–Trinajstić information content (AvgIpc) is 2.87. The van der Waals surface area contributed by atoms with Crippen LogP contribution in [0.25, 0.3) is 0 Å². The Balaban J connectivity index is 2.03. The molecule has 0 aliphatic carbocycles. The Morgan fingerprint density at radius 3 is 2.41 bits per heavy atom. The third kappa shape index (κ3) is 3.95. The fourth-order valence-corrected chi connectivity index (χ4v) is 2.17. The van der Waals surface area contributed by atoms with E-state index in [0.29, 0.717) is 5.69 Å². The molecule has 1 amide bonds. The first-order valence-corrected chi connectivity index (χ1v) is 7.31. The fraction of sp³-hybridized carbons (Fsp3) is 0.412. The molecule has 5 nitrogen and oxygen atoms in total. The molecule has 0 aliphatic rings. The minimum Gasteiger partial charge on any atom is -0.385 e. The van der Waals surface area contributed by atoms with Crippen molar-refractivity contribution in [3.63, 3.8) is 0 Å². The second-order valence-corrected chi connectivity index (χ2v) is 6.71. The molecule has 2 N–H and O–H groups in total. The van der Waals surface area contributed by atoms with E-state index in [1.165, 1.54) is 0 Å². The van der Waals surface area contributed by atoms with Gasteiger partial charge in [0.15, 0.2) is 0 Å². The predicted molar refractivity (Wildman–Crippen MR) is 86.5 cm³/mol. The highest BCUT2D eigenvalue weighted by molar-refractivity contribution is 5.91. The summed E-state index contributed by atoms with van der Waals surface area (Å²) in [7, 11) is 0. The van der Waals surface area contributed by atoms with Crippen LogP contribution in [0.3, 0.4) is 0 Å². The lowest BCUT2D eigenvalue weighted by Gasteiger charge is -2.23. The molecule has 22 heavy (non-hydrogen) atoms.